The van der Waals surface area contributed by atoms with Crippen molar-refractivity contribution in [2.45, 2.75) is 13.3 Å². The van der Waals surface area contributed by atoms with E-state index in [0.717, 1.165) is 12.1 Å². The molecular weight excluding hydrogens is 179 g/mol. The first-order chi connectivity index (χ1) is 6.15. The summed E-state index contributed by atoms with van der Waals surface area (Å²) in [5.74, 6) is -0.642. The largest absolute Gasteiger partial charge is 0.385 e. The molecule has 0 bridgehead atoms. The second-order valence-corrected chi connectivity index (χ2v) is 2.56. The molecule has 0 saturated heterocycles. The first kappa shape index (κ1) is 9.89. The Morgan fingerprint density at radius 1 is 1.38 bits per heavy atom. The van der Waals surface area contributed by atoms with Crippen LogP contribution in [0.5, 0.6) is 0 Å². The minimum atomic E-state index is -2.65. The van der Waals surface area contributed by atoms with Crippen LogP contribution in [0.15, 0.2) is 18.2 Å². The van der Waals surface area contributed by atoms with Gasteiger partial charge in [-0.2, -0.15) is 0 Å². The number of hydrogen-bond donors (Lipinski definition) is 1. The van der Waals surface area contributed by atoms with Gasteiger partial charge in [-0.1, -0.05) is 0 Å². The maximum atomic E-state index is 12.6. The van der Waals surface area contributed by atoms with Crippen LogP contribution >= 0.6 is 0 Å². The highest BCUT2D eigenvalue weighted by Gasteiger charge is 2.12. The molecule has 0 aromatic heterocycles. The van der Waals surface area contributed by atoms with Gasteiger partial charge >= 0.3 is 0 Å². The lowest BCUT2D eigenvalue weighted by atomic mass is 10.2. The number of nitrogens with one attached hydrogen (secondary N) is 1. The molecule has 0 aliphatic carbocycles. The van der Waals surface area contributed by atoms with Gasteiger partial charge in [-0.25, -0.2) is 13.2 Å². The Hall–Kier alpha value is -1.19. The maximum Gasteiger partial charge on any atom is 0.265 e. The molecule has 0 amide bonds. The number of halogens is 3. The molecule has 0 unspecified atom stereocenters. The zero-order valence-electron chi connectivity index (χ0n) is 7.15. The van der Waals surface area contributed by atoms with Gasteiger partial charge in [-0.05, 0) is 25.1 Å². The standard InChI is InChI=1S/C9H10F3N/c1-2-13-8-4-3-6(10)5-7(8)9(11)12/h3-5,9,13H,2H2,1H3. The molecule has 1 rings (SSSR count). The fraction of sp³-hybridized carbons (Fsp3) is 0.333. The molecule has 0 spiro atoms. The summed E-state index contributed by atoms with van der Waals surface area (Å²) in [6.45, 7) is 2.32. The van der Waals surface area contributed by atoms with Crippen molar-refractivity contribution in [2.24, 2.45) is 0 Å². The van der Waals surface area contributed by atoms with Crippen LogP contribution in [0, 0.1) is 5.82 Å². The highest BCUT2D eigenvalue weighted by Crippen LogP contribution is 2.27. The minimum absolute atomic E-state index is 0.290. The van der Waals surface area contributed by atoms with Gasteiger partial charge in [-0.3, -0.25) is 0 Å². The second-order valence-electron chi connectivity index (χ2n) is 2.56. The van der Waals surface area contributed by atoms with Crippen molar-refractivity contribution >= 4 is 5.69 Å². The molecule has 4 heteroatoms. The van der Waals surface area contributed by atoms with Crippen LogP contribution in [0.2, 0.25) is 0 Å². The van der Waals surface area contributed by atoms with E-state index in [1.165, 1.54) is 6.07 Å². The summed E-state index contributed by atoms with van der Waals surface area (Å²) >= 11 is 0. The molecule has 0 atom stereocenters. The smallest absolute Gasteiger partial charge is 0.265 e. The summed E-state index contributed by atoms with van der Waals surface area (Å²) in [6, 6.07) is 3.33. The van der Waals surface area contributed by atoms with Crippen LogP contribution in [-0.4, -0.2) is 6.54 Å². The van der Waals surface area contributed by atoms with Crippen LogP contribution in [0.3, 0.4) is 0 Å². The lowest BCUT2D eigenvalue weighted by Gasteiger charge is -2.09. The molecule has 1 N–H and O–H groups in total. The first-order valence-corrected chi connectivity index (χ1v) is 3.96. The van der Waals surface area contributed by atoms with Gasteiger partial charge < -0.3 is 5.32 Å². The molecule has 0 radical (unpaired) electrons. The average Bonchev–Trinajstić information content (AvgIpc) is 2.08. The van der Waals surface area contributed by atoms with Crippen molar-refractivity contribution in [3.05, 3.63) is 29.6 Å². The van der Waals surface area contributed by atoms with Crippen molar-refractivity contribution in [2.75, 3.05) is 11.9 Å². The van der Waals surface area contributed by atoms with E-state index in [9.17, 15) is 13.2 Å². The van der Waals surface area contributed by atoms with E-state index < -0.39 is 12.2 Å². The normalized spacial score (nSPS) is 10.5. The summed E-state index contributed by atoms with van der Waals surface area (Å²) in [6.07, 6.45) is -2.65. The van der Waals surface area contributed by atoms with Crippen molar-refractivity contribution < 1.29 is 13.2 Å². The molecule has 0 aliphatic heterocycles. The fourth-order valence-corrected chi connectivity index (χ4v) is 1.07. The second kappa shape index (κ2) is 4.16. The fourth-order valence-electron chi connectivity index (χ4n) is 1.07. The van der Waals surface area contributed by atoms with E-state index in [-0.39, 0.29) is 5.56 Å². The number of benzene rings is 1. The van der Waals surface area contributed by atoms with E-state index in [1.807, 2.05) is 0 Å². The maximum absolute atomic E-state index is 12.6. The highest BCUT2D eigenvalue weighted by molar-refractivity contribution is 5.51. The Balaban J connectivity index is 3.03. The quantitative estimate of drug-likeness (QED) is 0.769. The molecular formula is C9H10F3N. The molecule has 0 heterocycles. The summed E-state index contributed by atoms with van der Waals surface area (Å²) in [4.78, 5) is 0. The monoisotopic (exact) mass is 189 g/mol. The molecule has 13 heavy (non-hydrogen) atoms. The highest BCUT2D eigenvalue weighted by atomic mass is 19.3. The molecule has 72 valence electrons. The van der Waals surface area contributed by atoms with Crippen LogP contribution in [0.25, 0.3) is 0 Å². The summed E-state index contributed by atoms with van der Waals surface area (Å²) in [5, 5.41) is 2.74. The van der Waals surface area contributed by atoms with Gasteiger partial charge in [0.2, 0.25) is 0 Å². The number of alkyl halides is 2. The van der Waals surface area contributed by atoms with Crippen LogP contribution in [0.1, 0.15) is 18.9 Å². The van der Waals surface area contributed by atoms with Gasteiger partial charge in [0, 0.05) is 17.8 Å². The van der Waals surface area contributed by atoms with E-state index in [0.29, 0.717) is 12.2 Å². The SMILES string of the molecule is CCNc1ccc(F)cc1C(F)F. The van der Waals surface area contributed by atoms with Gasteiger partial charge in [0.1, 0.15) is 5.82 Å². The lowest BCUT2D eigenvalue weighted by molar-refractivity contribution is 0.151. The number of rotatable bonds is 3. The Morgan fingerprint density at radius 3 is 2.62 bits per heavy atom. The zero-order chi connectivity index (χ0) is 9.84. The Labute approximate surface area is 74.6 Å². The molecule has 0 saturated carbocycles. The van der Waals surface area contributed by atoms with Crippen LogP contribution < -0.4 is 5.32 Å². The van der Waals surface area contributed by atoms with Crippen molar-refractivity contribution in [3.63, 3.8) is 0 Å². The topological polar surface area (TPSA) is 12.0 Å². The number of anilines is 1. The number of hydrogen-bond acceptors (Lipinski definition) is 1. The van der Waals surface area contributed by atoms with Crippen molar-refractivity contribution in [1.82, 2.24) is 0 Å². The Kier molecular flexibility index (Phi) is 3.17. The third-order valence-corrected chi connectivity index (χ3v) is 1.62. The third kappa shape index (κ3) is 2.37. The average molecular weight is 189 g/mol. The summed E-state index contributed by atoms with van der Waals surface area (Å²) in [5.41, 5.74) is 0.000694. The van der Waals surface area contributed by atoms with Gasteiger partial charge in [0.25, 0.3) is 6.43 Å². The molecule has 1 aromatic carbocycles. The molecule has 0 aliphatic rings. The van der Waals surface area contributed by atoms with Crippen LogP contribution in [-0.2, 0) is 0 Å². The molecule has 1 aromatic rings. The van der Waals surface area contributed by atoms with Crippen molar-refractivity contribution in [1.29, 1.82) is 0 Å². The van der Waals surface area contributed by atoms with E-state index >= 15 is 0 Å². The third-order valence-electron chi connectivity index (χ3n) is 1.62. The Bertz CT molecular complexity index is 286. The zero-order valence-corrected chi connectivity index (χ0v) is 7.15. The van der Waals surface area contributed by atoms with E-state index in [4.69, 9.17) is 0 Å². The predicted octanol–water partition coefficient (Wildman–Crippen LogP) is 3.20. The lowest BCUT2D eigenvalue weighted by Crippen LogP contribution is -2.01. The molecule has 0 fully saturated rings. The Morgan fingerprint density at radius 2 is 2.08 bits per heavy atom. The van der Waals surface area contributed by atoms with E-state index in [2.05, 4.69) is 5.32 Å². The van der Waals surface area contributed by atoms with Crippen LogP contribution in [0.4, 0.5) is 18.9 Å². The first-order valence-electron chi connectivity index (χ1n) is 3.96. The van der Waals surface area contributed by atoms with Crippen molar-refractivity contribution in [3.8, 4) is 0 Å². The van der Waals surface area contributed by atoms with Gasteiger partial charge in [0.15, 0.2) is 0 Å². The van der Waals surface area contributed by atoms with E-state index in [1.54, 1.807) is 6.92 Å². The van der Waals surface area contributed by atoms with Gasteiger partial charge in [0.05, 0.1) is 0 Å². The summed E-state index contributed by atoms with van der Waals surface area (Å²) in [7, 11) is 0. The summed E-state index contributed by atoms with van der Waals surface area (Å²) < 4.78 is 37.2. The predicted molar refractivity (Wildman–Crippen MR) is 45.5 cm³/mol. The minimum Gasteiger partial charge on any atom is -0.385 e. The molecule has 1 nitrogen and oxygen atoms in total. The van der Waals surface area contributed by atoms with Gasteiger partial charge in [-0.15, -0.1) is 0 Å².